The van der Waals surface area contributed by atoms with E-state index in [1.54, 1.807) is 126 Å². The molecule has 0 aliphatic carbocycles. The molecule has 5 N–H and O–H groups in total. The van der Waals surface area contributed by atoms with Crippen molar-refractivity contribution in [2.75, 3.05) is 25.9 Å². The lowest BCUT2D eigenvalue weighted by Gasteiger charge is -2.00. The number of thiol groups is 2. The summed E-state index contributed by atoms with van der Waals surface area (Å²) < 4.78 is 0. The summed E-state index contributed by atoms with van der Waals surface area (Å²) in [7, 11) is 8.19. The molecule has 18 heteroatoms. The zero-order valence-electron chi connectivity index (χ0n) is 27.1. The zero-order valence-corrected chi connectivity index (χ0v) is 33.8. The first-order chi connectivity index (χ1) is 23.8. The molecule has 0 saturated heterocycles. The Morgan fingerprint density at radius 2 is 0.837 bits per heavy atom. The smallest absolute Gasteiger partial charge is 0.423 e. The first kappa shape index (κ1) is 47.6. The second-order valence-electron chi connectivity index (χ2n) is 8.08. The maximum atomic E-state index is 8.79. The van der Waals surface area contributed by atoms with Crippen molar-refractivity contribution in [1.29, 1.82) is 0 Å². The van der Waals surface area contributed by atoms with Crippen LogP contribution in [0.1, 0.15) is 0 Å². The number of nitrogens with zero attached hydrogens (tertiary/aromatic N) is 3. The quantitative estimate of drug-likeness (QED) is 0.0511. The van der Waals surface area contributed by atoms with Crippen molar-refractivity contribution in [3.05, 3.63) is 122 Å². The fraction of sp³-hybridized carbons (Fsp3) is 0.129. The molecule has 0 amide bonds. The van der Waals surface area contributed by atoms with Crippen molar-refractivity contribution < 1.29 is 25.2 Å². The number of benzene rings is 2. The second-order valence-corrected chi connectivity index (χ2v) is 15.7. The Bertz CT molecular complexity index is 1400. The molecule has 0 aliphatic rings. The molecule has 8 nitrogen and oxygen atoms in total. The summed E-state index contributed by atoms with van der Waals surface area (Å²) in [4.78, 5) is 14.5. The SMILES string of the molecule is CO.CS.CSSc1ccc(B(O)O)cc1.CSSc1ccccn1.OB(O)c1ccc(S)cc1.c1ccc(SSc2ccccn2)nc1. The Morgan fingerprint density at radius 3 is 1.14 bits per heavy atom. The van der Waals surface area contributed by atoms with Crippen LogP contribution < -0.4 is 10.9 Å². The lowest BCUT2D eigenvalue weighted by atomic mass is 9.81. The summed E-state index contributed by atoms with van der Waals surface area (Å²) in [6.45, 7) is 0. The van der Waals surface area contributed by atoms with Crippen molar-refractivity contribution in [2.45, 2.75) is 24.9 Å². The van der Waals surface area contributed by atoms with E-state index in [4.69, 9.17) is 25.2 Å². The minimum Gasteiger partial charge on any atom is -0.423 e. The summed E-state index contributed by atoms with van der Waals surface area (Å²) in [6, 6.07) is 31.5. The maximum absolute atomic E-state index is 8.79. The lowest BCUT2D eigenvalue weighted by Crippen LogP contribution is -2.29. The molecule has 49 heavy (non-hydrogen) atoms. The Kier molecular flexibility index (Phi) is 31.6. The first-order valence-corrected chi connectivity index (χ1v) is 22.4. The van der Waals surface area contributed by atoms with Crippen LogP contribution in [0.5, 0.6) is 0 Å². The van der Waals surface area contributed by atoms with Gasteiger partial charge in [-0.25, -0.2) is 15.0 Å². The normalized spacial score (nSPS) is 9.20. The van der Waals surface area contributed by atoms with Gasteiger partial charge < -0.3 is 25.2 Å². The van der Waals surface area contributed by atoms with Crippen LogP contribution in [0.25, 0.3) is 0 Å². The van der Waals surface area contributed by atoms with Crippen LogP contribution >= 0.6 is 90.0 Å². The molecular formula is C31H39B2N3O5S8. The number of hydrogen-bond donors (Lipinski definition) is 7. The Balaban J connectivity index is 0.000000613. The largest absolute Gasteiger partial charge is 0.488 e. The van der Waals surface area contributed by atoms with Crippen LogP contribution in [-0.2, 0) is 0 Å². The van der Waals surface area contributed by atoms with Crippen molar-refractivity contribution in [2.24, 2.45) is 0 Å². The van der Waals surface area contributed by atoms with E-state index >= 15 is 0 Å². The average Bonchev–Trinajstić information content (AvgIpc) is 3.15. The summed E-state index contributed by atoms with van der Waals surface area (Å²) in [5, 5.41) is 44.9. The van der Waals surface area contributed by atoms with Gasteiger partial charge in [-0.15, -0.1) is 12.6 Å². The van der Waals surface area contributed by atoms with Crippen LogP contribution in [0, 0.1) is 0 Å². The van der Waals surface area contributed by atoms with Crippen molar-refractivity contribution >= 4 is 115 Å². The topological polar surface area (TPSA) is 140 Å². The van der Waals surface area contributed by atoms with E-state index in [1.165, 1.54) is 0 Å². The molecule has 0 fully saturated rings. The third-order valence-electron chi connectivity index (χ3n) is 4.84. The van der Waals surface area contributed by atoms with Gasteiger partial charge in [-0.05, 0) is 123 Å². The van der Waals surface area contributed by atoms with Gasteiger partial charge >= 0.3 is 14.2 Å². The third-order valence-corrected chi connectivity index (χ3v) is 10.6. The van der Waals surface area contributed by atoms with Crippen molar-refractivity contribution in [1.82, 2.24) is 15.0 Å². The zero-order chi connectivity index (χ0) is 36.7. The Morgan fingerprint density at radius 1 is 0.490 bits per heavy atom. The number of aliphatic hydroxyl groups excluding tert-OH is 1. The number of aromatic nitrogens is 3. The standard InChI is InChI=1S/C10H8N2S2.C7H9BO2S2.C6H7BO2S.C6H7NS2.CH4O.CH4S/c1-3-7-11-9(5-1)13-14-10-6-2-4-8-12-10;1-11-12-7-4-2-6(3-5-7)8(9)10;8-7(9)5-1-3-6(10)4-2-5;1-8-9-6-4-2-3-5-7-6;2*1-2/h1-8H;2-5,9-10H,1H3;1-4,8-10H;2-5H,1H3;2*2H,1H3. The van der Waals surface area contributed by atoms with Crippen LogP contribution in [0.2, 0.25) is 0 Å². The predicted molar refractivity (Wildman–Crippen MR) is 226 cm³/mol. The molecule has 0 aliphatic heterocycles. The number of pyridine rings is 3. The highest BCUT2D eigenvalue weighted by atomic mass is 33.1. The Hall–Kier alpha value is -1.38. The highest BCUT2D eigenvalue weighted by Gasteiger charge is 2.09. The fourth-order valence-corrected chi connectivity index (χ4v) is 7.26. The maximum Gasteiger partial charge on any atom is 0.488 e. The minimum absolute atomic E-state index is 0.484. The molecule has 3 heterocycles. The van der Waals surface area contributed by atoms with E-state index in [1.807, 2.05) is 79.2 Å². The molecule has 0 saturated carbocycles. The predicted octanol–water partition coefficient (Wildman–Crippen LogP) is 6.27. The van der Waals surface area contributed by atoms with Gasteiger partial charge in [0.2, 0.25) is 0 Å². The molecular weight excluding hydrogens is 773 g/mol. The molecule has 0 atom stereocenters. The van der Waals surface area contributed by atoms with Crippen LogP contribution in [0.3, 0.4) is 0 Å². The molecule has 0 bridgehead atoms. The molecule has 5 aromatic rings. The summed E-state index contributed by atoms with van der Waals surface area (Å²) in [5.74, 6) is 0. The first-order valence-electron chi connectivity index (χ1n) is 13.8. The highest BCUT2D eigenvalue weighted by molar-refractivity contribution is 8.77. The van der Waals surface area contributed by atoms with Crippen molar-refractivity contribution in [3.8, 4) is 0 Å². The van der Waals surface area contributed by atoms with E-state index in [2.05, 4.69) is 40.2 Å². The van der Waals surface area contributed by atoms with Gasteiger partial charge in [-0.2, -0.15) is 12.6 Å². The van der Waals surface area contributed by atoms with Gasteiger partial charge in [0.1, 0.15) is 15.1 Å². The van der Waals surface area contributed by atoms with E-state index in [9.17, 15) is 0 Å². The van der Waals surface area contributed by atoms with Crippen LogP contribution in [-0.4, -0.2) is 80.3 Å². The van der Waals surface area contributed by atoms with Gasteiger partial charge in [0.05, 0.1) is 0 Å². The molecule has 5 rings (SSSR count). The van der Waals surface area contributed by atoms with E-state index in [0.29, 0.717) is 10.9 Å². The fourth-order valence-electron chi connectivity index (χ4n) is 2.80. The Labute approximate surface area is 325 Å². The highest BCUT2D eigenvalue weighted by Crippen LogP contribution is 2.34. The molecule has 2 aromatic carbocycles. The lowest BCUT2D eigenvalue weighted by molar-refractivity contribution is 0.399. The summed E-state index contributed by atoms with van der Waals surface area (Å²) in [6.07, 6.45) is 11.1. The van der Waals surface area contributed by atoms with E-state index < -0.39 is 14.2 Å². The van der Waals surface area contributed by atoms with Gasteiger partial charge in [-0.1, -0.05) is 74.8 Å². The average molecular weight is 812 g/mol. The van der Waals surface area contributed by atoms with Crippen LogP contribution in [0.15, 0.2) is 147 Å². The van der Waals surface area contributed by atoms with E-state index in [-0.39, 0.29) is 0 Å². The summed E-state index contributed by atoms with van der Waals surface area (Å²) in [5.41, 5.74) is 1.01. The molecule has 0 radical (unpaired) electrons. The molecule has 0 unspecified atom stereocenters. The minimum atomic E-state index is -1.38. The van der Waals surface area contributed by atoms with Gasteiger partial charge in [-0.3, -0.25) is 0 Å². The number of hydrogen-bond acceptors (Lipinski definition) is 16. The third kappa shape index (κ3) is 24.4. The number of aliphatic hydroxyl groups is 1. The van der Waals surface area contributed by atoms with E-state index in [0.717, 1.165) is 32.0 Å². The van der Waals surface area contributed by atoms with Gasteiger partial charge in [0.25, 0.3) is 0 Å². The molecule has 262 valence electrons. The van der Waals surface area contributed by atoms with Crippen molar-refractivity contribution in [3.63, 3.8) is 0 Å². The van der Waals surface area contributed by atoms with Crippen LogP contribution in [0.4, 0.5) is 0 Å². The summed E-state index contributed by atoms with van der Waals surface area (Å²) >= 11 is 7.56. The molecule has 3 aromatic heterocycles. The monoisotopic (exact) mass is 811 g/mol. The van der Waals surface area contributed by atoms with Gasteiger partial charge in [0.15, 0.2) is 0 Å². The van der Waals surface area contributed by atoms with Gasteiger partial charge in [0, 0.05) is 35.5 Å². The molecule has 0 spiro atoms. The number of rotatable bonds is 9. The second kappa shape index (κ2) is 32.5.